The maximum atomic E-state index is 13.8. The molecule has 1 aromatic heterocycles. The molecule has 0 aliphatic rings. The lowest BCUT2D eigenvalue weighted by atomic mass is 9.95. The van der Waals surface area contributed by atoms with Crippen LogP contribution >= 0.6 is 0 Å². The van der Waals surface area contributed by atoms with E-state index in [1.807, 2.05) is 6.07 Å². The van der Waals surface area contributed by atoms with Crippen molar-refractivity contribution >= 4 is 10.9 Å². The van der Waals surface area contributed by atoms with Gasteiger partial charge < -0.3 is 5.11 Å². The van der Waals surface area contributed by atoms with Crippen LogP contribution in [0.15, 0.2) is 18.2 Å². The van der Waals surface area contributed by atoms with Gasteiger partial charge in [-0.05, 0) is 24.6 Å². The minimum absolute atomic E-state index is 0.0812. The molecular weight excluding hydrogens is 281 g/mol. The number of fused-ring (bicyclic) bond motifs is 1. The quantitative estimate of drug-likeness (QED) is 0.941. The number of aryl methyl sites for hydroxylation is 1. The van der Waals surface area contributed by atoms with Crippen LogP contribution in [0, 0.1) is 18.3 Å². The van der Waals surface area contributed by atoms with E-state index in [0.717, 1.165) is 0 Å². The largest absolute Gasteiger partial charge is 0.507 e. The number of phenols is 1. The molecule has 1 N–H and O–H groups in total. The van der Waals surface area contributed by atoms with E-state index in [9.17, 15) is 23.5 Å². The maximum absolute atomic E-state index is 13.8. The first-order valence-corrected chi connectivity index (χ1v) is 6.35. The fourth-order valence-corrected chi connectivity index (χ4v) is 2.28. The van der Waals surface area contributed by atoms with Crippen LogP contribution in [0.5, 0.6) is 5.75 Å². The topological polar surface area (TPSA) is 56.9 Å². The van der Waals surface area contributed by atoms with Crippen LogP contribution in [0.25, 0.3) is 10.9 Å². The van der Waals surface area contributed by atoms with Crippen LogP contribution in [0.1, 0.15) is 16.8 Å². The number of benzene rings is 1. The number of aromatic hydroxyl groups is 1. The Hall–Kier alpha value is -2.29. The van der Waals surface area contributed by atoms with Gasteiger partial charge in [-0.1, -0.05) is 6.07 Å². The van der Waals surface area contributed by atoms with Crippen LogP contribution in [-0.2, 0) is 6.42 Å². The number of rotatable bonds is 4. The Morgan fingerprint density at radius 1 is 1.33 bits per heavy atom. The smallest absolute Gasteiger partial charge is 0.160 e. The lowest BCUT2D eigenvalue weighted by molar-refractivity contribution is 0.137. The maximum Gasteiger partial charge on any atom is 0.160 e. The number of nitriles is 1. The highest BCUT2D eigenvalue weighted by Gasteiger charge is 2.25. The molecule has 0 radical (unpaired) electrons. The van der Waals surface area contributed by atoms with Crippen molar-refractivity contribution in [3.63, 3.8) is 0 Å². The molecule has 2 aromatic rings. The molecular formula is C15H13F3N2O. The van der Waals surface area contributed by atoms with Gasteiger partial charge in [-0.25, -0.2) is 13.2 Å². The van der Waals surface area contributed by atoms with E-state index in [4.69, 9.17) is 0 Å². The van der Waals surface area contributed by atoms with Gasteiger partial charge in [-0.15, -0.1) is 0 Å². The zero-order chi connectivity index (χ0) is 15.6. The number of alkyl halides is 3. The number of pyridine rings is 1. The van der Waals surface area contributed by atoms with E-state index < -0.39 is 25.4 Å². The Kier molecular flexibility index (Phi) is 4.32. The fourth-order valence-electron chi connectivity index (χ4n) is 2.28. The Bertz CT molecular complexity index is 712. The summed E-state index contributed by atoms with van der Waals surface area (Å²) >= 11 is 0. The third-order valence-corrected chi connectivity index (χ3v) is 3.32. The van der Waals surface area contributed by atoms with Gasteiger partial charge >= 0.3 is 0 Å². The third-order valence-electron chi connectivity index (χ3n) is 3.32. The molecule has 110 valence electrons. The molecule has 2 unspecified atom stereocenters. The number of hydrogen-bond acceptors (Lipinski definition) is 3. The summed E-state index contributed by atoms with van der Waals surface area (Å²) in [6, 6.07) is 6.42. The van der Waals surface area contributed by atoms with E-state index >= 15 is 0 Å². The zero-order valence-corrected chi connectivity index (χ0v) is 11.3. The van der Waals surface area contributed by atoms with Crippen molar-refractivity contribution in [2.24, 2.45) is 0 Å². The summed E-state index contributed by atoms with van der Waals surface area (Å²) in [7, 11) is 0. The Balaban J connectivity index is 2.66. The minimum atomic E-state index is -2.26. The molecule has 0 fully saturated rings. The van der Waals surface area contributed by atoms with E-state index in [0.29, 0.717) is 11.2 Å². The molecule has 0 bridgehead atoms. The summed E-state index contributed by atoms with van der Waals surface area (Å²) in [4.78, 5) is 4.17. The van der Waals surface area contributed by atoms with E-state index in [-0.39, 0.29) is 22.3 Å². The average Bonchev–Trinajstić information content (AvgIpc) is 2.46. The van der Waals surface area contributed by atoms with Crippen LogP contribution < -0.4 is 0 Å². The SMILES string of the molecule is Cc1nc2cccc(O)c2c(CC(F)C(F)CF)c1C#N. The van der Waals surface area contributed by atoms with Gasteiger partial charge in [0.1, 0.15) is 24.7 Å². The standard InChI is InChI=1S/C15H13F3N2O/c1-8-10(7-19)9(5-11(17)12(18)6-16)15-13(20-8)3-2-4-14(15)21/h2-4,11-12,21H,5-6H2,1H3. The molecule has 0 saturated heterocycles. The van der Waals surface area contributed by atoms with Gasteiger partial charge in [0, 0.05) is 11.8 Å². The summed E-state index contributed by atoms with van der Waals surface area (Å²) in [6.45, 7) is 0.137. The average molecular weight is 294 g/mol. The highest BCUT2D eigenvalue weighted by Crippen LogP contribution is 2.32. The number of halogens is 3. The molecule has 0 aliphatic heterocycles. The predicted octanol–water partition coefficient (Wildman–Crippen LogP) is 3.31. The Morgan fingerprint density at radius 3 is 2.67 bits per heavy atom. The number of aromatic nitrogens is 1. The van der Waals surface area contributed by atoms with Gasteiger partial charge in [0.15, 0.2) is 6.17 Å². The van der Waals surface area contributed by atoms with Gasteiger partial charge in [-0.3, -0.25) is 4.98 Å². The van der Waals surface area contributed by atoms with Crippen molar-refractivity contribution in [2.75, 3.05) is 6.67 Å². The lowest BCUT2D eigenvalue weighted by Crippen LogP contribution is -2.22. The van der Waals surface area contributed by atoms with Crippen LogP contribution in [0.2, 0.25) is 0 Å². The van der Waals surface area contributed by atoms with Crippen molar-refractivity contribution in [3.05, 3.63) is 35.0 Å². The summed E-state index contributed by atoms with van der Waals surface area (Å²) in [5, 5.41) is 19.3. The second-order valence-electron chi connectivity index (χ2n) is 4.72. The molecule has 3 nitrogen and oxygen atoms in total. The van der Waals surface area contributed by atoms with Crippen molar-refractivity contribution in [1.82, 2.24) is 4.98 Å². The van der Waals surface area contributed by atoms with E-state index in [1.165, 1.54) is 6.07 Å². The van der Waals surface area contributed by atoms with Crippen molar-refractivity contribution in [2.45, 2.75) is 25.7 Å². The number of phenolic OH excluding ortho intramolecular Hbond substituents is 1. The second kappa shape index (κ2) is 6.00. The highest BCUT2D eigenvalue weighted by atomic mass is 19.2. The third kappa shape index (κ3) is 2.77. The Morgan fingerprint density at radius 2 is 2.05 bits per heavy atom. The van der Waals surface area contributed by atoms with Crippen LogP contribution in [-0.4, -0.2) is 29.1 Å². The summed E-state index contributed by atoms with van der Waals surface area (Å²) in [6.07, 6.45) is -4.84. The predicted molar refractivity (Wildman–Crippen MR) is 72.3 cm³/mol. The molecule has 1 aromatic carbocycles. The van der Waals surface area contributed by atoms with Crippen molar-refractivity contribution in [3.8, 4) is 11.8 Å². The minimum Gasteiger partial charge on any atom is -0.507 e. The van der Waals surface area contributed by atoms with Crippen LogP contribution in [0.3, 0.4) is 0 Å². The summed E-state index contributed by atoms with van der Waals surface area (Å²) in [5.41, 5.74) is 0.970. The van der Waals surface area contributed by atoms with E-state index in [2.05, 4.69) is 4.98 Å². The molecule has 2 rings (SSSR count). The normalized spacial score (nSPS) is 13.9. The first-order valence-electron chi connectivity index (χ1n) is 6.35. The molecule has 2 atom stereocenters. The lowest BCUT2D eigenvalue weighted by Gasteiger charge is -2.15. The van der Waals surface area contributed by atoms with Crippen molar-refractivity contribution < 1.29 is 18.3 Å². The fraction of sp³-hybridized carbons (Fsp3) is 0.333. The van der Waals surface area contributed by atoms with Gasteiger partial charge in [-0.2, -0.15) is 5.26 Å². The monoisotopic (exact) mass is 294 g/mol. The molecule has 0 spiro atoms. The summed E-state index contributed by atoms with van der Waals surface area (Å²) < 4.78 is 39.2. The molecule has 6 heteroatoms. The van der Waals surface area contributed by atoms with Gasteiger partial charge in [0.2, 0.25) is 0 Å². The molecule has 0 aliphatic carbocycles. The van der Waals surface area contributed by atoms with Gasteiger partial charge in [0.05, 0.1) is 16.8 Å². The molecule has 1 heterocycles. The Labute approximate surface area is 119 Å². The first kappa shape index (κ1) is 15.1. The first-order chi connectivity index (χ1) is 9.99. The molecule has 21 heavy (non-hydrogen) atoms. The number of hydrogen-bond donors (Lipinski definition) is 1. The van der Waals surface area contributed by atoms with E-state index in [1.54, 1.807) is 19.1 Å². The molecule has 0 saturated carbocycles. The number of nitrogens with zero attached hydrogens (tertiary/aromatic N) is 2. The second-order valence-corrected chi connectivity index (χ2v) is 4.72. The highest BCUT2D eigenvalue weighted by molar-refractivity contribution is 5.90. The van der Waals surface area contributed by atoms with Crippen molar-refractivity contribution in [1.29, 1.82) is 5.26 Å². The van der Waals surface area contributed by atoms with Crippen LogP contribution in [0.4, 0.5) is 13.2 Å². The summed E-state index contributed by atoms with van der Waals surface area (Å²) in [5.74, 6) is -0.172. The van der Waals surface area contributed by atoms with Gasteiger partial charge in [0.25, 0.3) is 0 Å². The zero-order valence-electron chi connectivity index (χ0n) is 11.3. The molecule has 0 amide bonds.